The van der Waals surface area contributed by atoms with Crippen molar-refractivity contribution >= 4 is 34.3 Å². The summed E-state index contributed by atoms with van der Waals surface area (Å²) in [5.74, 6) is 0.625. The van der Waals surface area contributed by atoms with Gasteiger partial charge in [-0.1, -0.05) is 84.6 Å². The molecule has 3 rings (SSSR count). The van der Waals surface area contributed by atoms with E-state index in [1.54, 1.807) is 0 Å². The highest BCUT2D eigenvalue weighted by Gasteiger charge is 2.62. The number of ether oxygens (including phenoxy) is 1. The van der Waals surface area contributed by atoms with E-state index in [4.69, 9.17) is 17.0 Å². The molecule has 2 aromatic carbocycles. The Labute approximate surface area is 151 Å². The second-order valence-corrected chi connectivity index (χ2v) is 7.47. The van der Waals surface area contributed by atoms with Crippen molar-refractivity contribution in [3.63, 3.8) is 0 Å². The predicted molar refractivity (Wildman–Crippen MR) is 102 cm³/mol. The van der Waals surface area contributed by atoms with Crippen LogP contribution < -0.4 is 5.32 Å². The Hall–Kier alpha value is -1.85. The molecule has 0 saturated heterocycles. The summed E-state index contributed by atoms with van der Waals surface area (Å²) in [5, 5.41) is 3.26. The van der Waals surface area contributed by atoms with Crippen molar-refractivity contribution < 1.29 is 9.53 Å². The molecule has 1 aliphatic carbocycles. The van der Waals surface area contributed by atoms with Gasteiger partial charge in [-0.25, -0.2) is 4.79 Å². The number of nitrogens with one attached hydrogen (secondary N) is 1. The summed E-state index contributed by atoms with van der Waals surface area (Å²) in [6.07, 6.45) is 0.704. The monoisotopic (exact) mass is 357 g/mol. The molecule has 1 fully saturated rings. The summed E-state index contributed by atoms with van der Waals surface area (Å²) in [6.45, 7) is 0. The van der Waals surface area contributed by atoms with Crippen LogP contribution in [0.3, 0.4) is 0 Å². The smallest absolute Gasteiger partial charge is 0.332 e. The van der Waals surface area contributed by atoms with Crippen LogP contribution >= 0.6 is 24.0 Å². The molecule has 0 heterocycles. The molecule has 2 unspecified atom stereocenters. The van der Waals surface area contributed by atoms with Gasteiger partial charge in [0.05, 0.1) is 7.11 Å². The summed E-state index contributed by atoms with van der Waals surface area (Å²) in [4.78, 5) is 12.3. The zero-order valence-corrected chi connectivity index (χ0v) is 15.0. The SMILES string of the molecule is COC(=O)C1(NC(=S)SCc2ccccc2)CC1c1ccccc1. The van der Waals surface area contributed by atoms with E-state index in [-0.39, 0.29) is 11.9 Å². The van der Waals surface area contributed by atoms with Gasteiger partial charge in [0.2, 0.25) is 0 Å². The Kier molecular flexibility index (Phi) is 5.21. The molecule has 1 saturated carbocycles. The quantitative estimate of drug-likeness (QED) is 0.649. The number of hydrogen-bond acceptors (Lipinski definition) is 4. The second kappa shape index (κ2) is 7.36. The van der Waals surface area contributed by atoms with Crippen molar-refractivity contribution in [3.05, 3.63) is 71.8 Å². The fourth-order valence-electron chi connectivity index (χ4n) is 2.89. The number of methoxy groups -OCH3 is 1. The van der Waals surface area contributed by atoms with Gasteiger partial charge in [-0.3, -0.25) is 0 Å². The van der Waals surface area contributed by atoms with Crippen molar-refractivity contribution in [3.8, 4) is 0 Å². The lowest BCUT2D eigenvalue weighted by molar-refractivity contribution is -0.144. The molecule has 3 nitrogen and oxygen atoms in total. The topological polar surface area (TPSA) is 38.3 Å². The minimum absolute atomic E-state index is 0.0985. The van der Waals surface area contributed by atoms with Gasteiger partial charge in [-0.15, -0.1) is 0 Å². The normalized spacial score (nSPS) is 21.8. The maximum Gasteiger partial charge on any atom is 0.332 e. The highest BCUT2D eigenvalue weighted by molar-refractivity contribution is 8.22. The molecule has 1 aliphatic rings. The molecule has 1 N–H and O–H groups in total. The number of thiocarbonyl (C=S) groups is 1. The van der Waals surface area contributed by atoms with Crippen LogP contribution in [-0.4, -0.2) is 22.9 Å². The highest BCUT2D eigenvalue weighted by atomic mass is 32.2. The zero-order valence-electron chi connectivity index (χ0n) is 13.4. The van der Waals surface area contributed by atoms with E-state index in [9.17, 15) is 4.79 Å². The summed E-state index contributed by atoms with van der Waals surface area (Å²) in [7, 11) is 1.42. The van der Waals surface area contributed by atoms with Crippen molar-refractivity contribution in [2.45, 2.75) is 23.6 Å². The van der Waals surface area contributed by atoms with E-state index < -0.39 is 5.54 Å². The third-order valence-corrected chi connectivity index (χ3v) is 5.55. The Morgan fingerprint density at radius 2 is 1.83 bits per heavy atom. The van der Waals surface area contributed by atoms with Crippen molar-refractivity contribution in [1.29, 1.82) is 0 Å². The molecular formula is C19H19NO2S2. The van der Waals surface area contributed by atoms with Gasteiger partial charge in [0.15, 0.2) is 0 Å². The summed E-state index contributed by atoms with van der Waals surface area (Å²) in [5.41, 5.74) is 1.61. The first kappa shape index (κ1) is 17.0. The minimum atomic E-state index is -0.725. The first-order valence-corrected chi connectivity index (χ1v) is 9.17. The number of carbonyl (C=O) groups is 1. The van der Waals surface area contributed by atoms with Crippen molar-refractivity contribution in [1.82, 2.24) is 5.32 Å². The fraction of sp³-hybridized carbons (Fsp3) is 0.263. The van der Waals surface area contributed by atoms with Gasteiger partial charge in [0.25, 0.3) is 0 Å². The maximum atomic E-state index is 12.3. The van der Waals surface area contributed by atoms with Gasteiger partial charge >= 0.3 is 5.97 Å². The molecule has 0 radical (unpaired) electrons. The minimum Gasteiger partial charge on any atom is -0.467 e. The molecular weight excluding hydrogens is 338 g/mol. The third-order valence-electron chi connectivity index (χ3n) is 4.25. The molecule has 0 aromatic heterocycles. The Morgan fingerprint density at radius 1 is 1.21 bits per heavy atom. The van der Waals surface area contributed by atoms with Gasteiger partial charge in [0.1, 0.15) is 9.86 Å². The number of hydrogen-bond donors (Lipinski definition) is 1. The van der Waals surface area contributed by atoms with Crippen LogP contribution in [0, 0.1) is 0 Å². The summed E-state index contributed by atoms with van der Waals surface area (Å²) >= 11 is 6.99. The lowest BCUT2D eigenvalue weighted by Gasteiger charge is -2.18. The van der Waals surface area contributed by atoms with Crippen molar-refractivity contribution in [2.24, 2.45) is 0 Å². The zero-order chi connectivity index (χ0) is 17.0. The average Bonchev–Trinajstić information content (AvgIpc) is 3.36. The average molecular weight is 358 g/mol. The first-order chi connectivity index (χ1) is 11.7. The lowest BCUT2D eigenvalue weighted by Crippen LogP contribution is -2.43. The molecule has 2 aromatic rings. The van der Waals surface area contributed by atoms with E-state index in [0.29, 0.717) is 10.7 Å². The molecule has 124 valence electrons. The van der Waals surface area contributed by atoms with Crippen LogP contribution in [0.25, 0.3) is 0 Å². The summed E-state index contributed by atoms with van der Waals surface area (Å²) < 4.78 is 5.65. The molecule has 0 amide bonds. The number of esters is 1. The van der Waals surface area contributed by atoms with Gasteiger partial charge in [-0.2, -0.15) is 0 Å². The van der Waals surface area contributed by atoms with E-state index in [1.165, 1.54) is 24.4 Å². The van der Waals surface area contributed by atoms with Crippen LogP contribution in [0.4, 0.5) is 0 Å². The lowest BCUT2D eigenvalue weighted by atomic mass is 10.1. The molecule has 0 bridgehead atoms. The largest absolute Gasteiger partial charge is 0.467 e. The number of thioether (sulfide) groups is 1. The molecule has 2 atom stereocenters. The number of benzene rings is 2. The first-order valence-electron chi connectivity index (χ1n) is 7.78. The molecule has 5 heteroatoms. The van der Waals surface area contributed by atoms with E-state index in [0.717, 1.165) is 11.3 Å². The maximum absolute atomic E-state index is 12.3. The van der Waals surface area contributed by atoms with E-state index in [2.05, 4.69) is 17.4 Å². The number of carbonyl (C=O) groups excluding carboxylic acids is 1. The third kappa shape index (κ3) is 3.62. The Bertz CT molecular complexity index is 721. The fourth-order valence-corrected chi connectivity index (χ4v) is 3.99. The van der Waals surface area contributed by atoms with E-state index in [1.807, 2.05) is 48.5 Å². The van der Waals surface area contributed by atoms with Crippen LogP contribution in [0.2, 0.25) is 0 Å². The molecule has 0 spiro atoms. The van der Waals surface area contributed by atoms with Gasteiger partial charge in [-0.05, 0) is 17.5 Å². The van der Waals surface area contributed by atoms with Crippen molar-refractivity contribution in [2.75, 3.05) is 7.11 Å². The second-order valence-electron chi connectivity index (χ2n) is 5.82. The Morgan fingerprint density at radius 3 is 2.46 bits per heavy atom. The van der Waals surface area contributed by atoms with Gasteiger partial charge in [0, 0.05) is 11.7 Å². The van der Waals surface area contributed by atoms with Crippen LogP contribution in [0.5, 0.6) is 0 Å². The van der Waals surface area contributed by atoms with Gasteiger partial charge < -0.3 is 10.1 Å². The molecule has 24 heavy (non-hydrogen) atoms. The van der Waals surface area contributed by atoms with Crippen LogP contribution in [-0.2, 0) is 15.3 Å². The van der Waals surface area contributed by atoms with E-state index >= 15 is 0 Å². The summed E-state index contributed by atoms with van der Waals surface area (Å²) in [6, 6.07) is 20.2. The van der Waals surface area contributed by atoms with Crippen LogP contribution in [0.15, 0.2) is 60.7 Å². The highest BCUT2D eigenvalue weighted by Crippen LogP contribution is 2.52. The Balaban J connectivity index is 1.66. The van der Waals surface area contributed by atoms with Crippen LogP contribution in [0.1, 0.15) is 23.5 Å². The number of rotatable bonds is 5. The standard InChI is InChI=1S/C19H19NO2S2/c1-22-17(21)19(12-16(19)15-10-6-3-7-11-15)20-18(23)24-13-14-8-4-2-5-9-14/h2-11,16H,12-13H2,1H3,(H,20,23). The molecule has 0 aliphatic heterocycles. The predicted octanol–water partition coefficient (Wildman–Crippen LogP) is 3.89.